The largest absolute Gasteiger partial charge is 0.415 e. The van der Waals surface area contributed by atoms with Gasteiger partial charge in [0.25, 0.3) is 5.56 Å². The number of aromatic nitrogens is 3. The molecule has 10 nitrogen and oxygen atoms in total. The molecule has 0 saturated carbocycles. The molecule has 0 N–H and O–H groups in total. The molecule has 10 heteroatoms. The highest BCUT2D eigenvalue weighted by atomic mass is 16.6. The van der Waals surface area contributed by atoms with Crippen LogP contribution in [0, 0.1) is 11.3 Å². The first-order valence-electron chi connectivity index (χ1n) is 12.8. The van der Waals surface area contributed by atoms with Gasteiger partial charge in [-0.2, -0.15) is 5.26 Å². The van der Waals surface area contributed by atoms with E-state index in [1.807, 2.05) is 31.3 Å². The molecule has 3 heterocycles. The summed E-state index contributed by atoms with van der Waals surface area (Å²) in [7, 11) is 2.01. The zero-order valence-corrected chi connectivity index (χ0v) is 21.7. The van der Waals surface area contributed by atoms with Gasteiger partial charge in [-0.3, -0.25) is 9.59 Å². The number of amides is 1. The SMILES string of the molecule is CN1CCN(C(=O)Oc2cnc(-c3cccc(Cn4c5c(ccc4=O)-c4cc(C#N)ccc4C5=O)c3)nc2)CC1. The van der Waals surface area contributed by atoms with Crippen molar-refractivity contribution in [2.45, 2.75) is 6.54 Å². The monoisotopic (exact) mass is 532 g/mol. The van der Waals surface area contributed by atoms with Crippen molar-refractivity contribution in [3.05, 3.63) is 99.7 Å². The van der Waals surface area contributed by atoms with Crippen molar-refractivity contribution in [3.8, 4) is 34.3 Å². The van der Waals surface area contributed by atoms with E-state index in [9.17, 15) is 19.6 Å². The van der Waals surface area contributed by atoms with Crippen LogP contribution in [-0.2, 0) is 6.54 Å². The second-order valence-corrected chi connectivity index (χ2v) is 9.82. The van der Waals surface area contributed by atoms with E-state index < -0.39 is 6.09 Å². The van der Waals surface area contributed by atoms with Crippen molar-refractivity contribution in [1.82, 2.24) is 24.3 Å². The summed E-state index contributed by atoms with van der Waals surface area (Å²) in [6.45, 7) is 2.96. The number of hydrogen-bond donors (Lipinski definition) is 0. The van der Waals surface area contributed by atoms with Gasteiger partial charge in [0, 0.05) is 48.9 Å². The van der Waals surface area contributed by atoms with Crippen LogP contribution >= 0.6 is 0 Å². The van der Waals surface area contributed by atoms with Crippen LogP contribution in [0.5, 0.6) is 5.75 Å². The highest BCUT2D eigenvalue weighted by molar-refractivity contribution is 6.20. The van der Waals surface area contributed by atoms with Gasteiger partial charge in [-0.05, 0) is 48.5 Å². The van der Waals surface area contributed by atoms with Crippen molar-refractivity contribution < 1.29 is 14.3 Å². The highest BCUT2D eigenvalue weighted by Gasteiger charge is 2.30. The smallest absolute Gasteiger partial charge is 0.407 e. The van der Waals surface area contributed by atoms with E-state index in [-0.39, 0.29) is 23.6 Å². The number of likely N-dealkylation sites (N-methyl/N-ethyl adjacent to an activating group) is 1. The summed E-state index contributed by atoms with van der Waals surface area (Å²) in [6.07, 6.45) is 2.50. The topological polar surface area (TPSA) is 121 Å². The molecule has 2 aliphatic rings. The Kier molecular flexibility index (Phi) is 6.42. The number of ketones is 1. The summed E-state index contributed by atoms with van der Waals surface area (Å²) in [6, 6.07) is 17.5. The first kappa shape index (κ1) is 25.2. The van der Waals surface area contributed by atoms with Gasteiger partial charge in [-0.25, -0.2) is 14.8 Å². The lowest BCUT2D eigenvalue weighted by Gasteiger charge is -2.31. The van der Waals surface area contributed by atoms with Gasteiger partial charge < -0.3 is 19.1 Å². The number of pyridine rings is 1. The maximum absolute atomic E-state index is 13.3. The molecular formula is C30H24N6O4. The zero-order chi connectivity index (χ0) is 27.8. The van der Waals surface area contributed by atoms with Crippen LogP contribution in [-0.4, -0.2) is 69.4 Å². The predicted molar refractivity (Wildman–Crippen MR) is 146 cm³/mol. The lowest BCUT2D eigenvalue weighted by Crippen LogP contribution is -2.48. The molecule has 2 aromatic heterocycles. The van der Waals surface area contributed by atoms with Crippen molar-refractivity contribution in [3.63, 3.8) is 0 Å². The summed E-state index contributed by atoms with van der Waals surface area (Å²) in [5, 5.41) is 9.29. The van der Waals surface area contributed by atoms with Crippen LogP contribution in [0.3, 0.4) is 0 Å². The minimum atomic E-state index is -0.423. The second-order valence-electron chi connectivity index (χ2n) is 9.82. The lowest BCUT2D eigenvalue weighted by atomic mass is 10.0. The maximum Gasteiger partial charge on any atom is 0.415 e. The average Bonchev–Trinajstić information content (AvgIpc) is 3.26. The zero-order valence-electron chi connectivity index (χ0n) is 21.7. The van der Waals surface area contributed by atoms with Crippen LogP contribution in [0.2, 0.25) is 0 Å². The molecule has 1 aliphatic heterocycles. The molecule has 1 amide bonds. The first-order valence-corrected chi connectivity index (χ1v) is 12.8. The van der Waals surface area contributed by atoms with Crippen molar-refractivity contribution in [1.29, 1.82) is 5.26 Å². The molecule has 0 unspecified atom stereocenters. The Bertz CT molecular complexity index is 1750. The molecule has 1 saturated heterocycles. The van der Waals surface area contributed by atoms with Gasteiger partial charge in [0.1, 0.15) is 5.69 Å². The molecule has 0 radical (unpaired) electrons. The van der Waals surface area contributed by atoms with E-state index in [1.54, 1.807) is 29.2 Å². The number of benzene rings is 2. The normalized spacial score (nSPS) is 14.4. The predicted octanol–water partition coefficient (Wildman–Crippen LogP) is 3.18. The van der Waals surface area contributed by atoms with E-state index in [1.165, 1.54) is 23.0 Å². The standard InChI is InChI=1S/C30H24N6O4/c1-34-9-11-35(12-10-34)30(39)40-22-16-32-29(33-17-22)21-4-2-3-20(13-21)18-36-26(37)8-7-23-25-14-19(15-31)5-6-24(25)28(38)27(23)36/h2-8,13-14,16-17H,9-12,18H2,1H3. The number of ether oxygens (including phenoxy) is 1. The summed E-state index contributed by atoms with van der Waals surface area (Å²) in [5.41, 5.74) is 3.72. The highest BCUT2D eigenvalue weighted by Crippen LogP contribution is 2.36. The van der Waals surface area contributed by atoms with Gasteiger partial charge >= 0.3 is 6.09 Å². The number of carbonyl (C=O) groups excluding carboxylic acids is 2. The molecule has 1 aliphatic carbocycles. The van der Waals surface area contributed by atoms with E-state index >= 15 is 0 Å². The molecule has 1 fully saturated rings. The number of hydrogen-bond acceptors (Lipinski definition) is 8. The van der Waals surface area contributed by atoms with Crippen molar-refractivity contribution in [2.24, 2.45) is 0 Å². The third-order valence-electron chi connectivity index (χ3n) is 7.20. The van der Waals surface area contributed by atoms with Gasteiger partial charge in [-0.15, -0.1) is 0 Å². The Balaban J connectivity index is 1.23. The van der Waals surface area contributed by atoms with Gasteiger partial charge in [-0.1, -0.05) is 18.2 Å². The molecule has 4 aromatic rings. The van der Waals surface area contributed by atoms with Crippen molar-refractivity contribution in [2.75, 3.05) is 33.2 Å². The van der Waals surface area contributed by atoms with Crippen LogP contribution in [0.4, 0.5) is 4.79 Å². The fraction of sp³-hybridized carbons (Fsp3) is 0.200. The number of nitrogens with zero attached hydrogens (tertiary/aromatic N) is 6. The van der Waals surface area contributed by atoms with Crippen LogP contribution in [0.25, 0.3) is 22.5 Å². The summed E-state index contributed by atoms with van der Waals surface area (Å²) < 4.78 is 6.91. The van der Waals surface area contributed by atoms with Crippen LogP contribution < -0.4 is 10.3 Å². The Morgan fingerprint density at radius 2 is 1.70 bits per heavy atom. The quantitative estimate of drug-likeness (QED) is 0.346. The Labute approximate surface area is 229 Å². The van der Waals surface area contributed by atoms with Crippen LogP contribution in [0.15, 0.2) is 71.8 Å². The third-order valence-corrected chi connectivity index (χ3v) is 7.20. The second kappa shape index (κ2) is 10.2. The Morgan fingerprint density at radius 1 is 0.950 bits per heavy atom. The average molecular weight is 533 g/mol. The van der Waals surface area contributed by atoms with Crippen molar-refractivity contribution >= 4 is 11.9 Å². The third kappa shape index (κ3) is 4.63. The number of rotatable bonds is 4. The van der Waals surface area contributed by atoms with E-state index in [2.05, 4.69) is 20.9 Å². The van der Waals surface area contributed by atoms with E-state index in [4.69, 9.17) is 4.74 Å². The lowest BCUT2D eigenvalue weighted by molar-refractivity contribution is 0.103. The summed E-state index contributed by atoms with van der Waals surface area (Å²) >= 11 is 0. The molecule has 40 heavy (non-hydrogen) atoms. The number of nitriles is 1. The summed E-state index contributed by atoms with van der Waals surface area (Å²) in [4.78, 5) is 51.2. The first-order chi connectivity index (χ1) is 19.4. The van der Waals surface area contributed by atoms with Gasteiger partial charge in [0.15, 0.2) is 11.6 Å². The van der Waals surface area contributed by atoms with Gasteiger partial charge in [0.2, 0.25) is 5.78 Å². The molecule has 0 spiro atoms. The molecule has 2 aromatic carbocycles. The molecular weight excluding hydrogens is 508 g/mol. The van der Waals surface area contributed by atoms with Gasteiger partial charge in [0.05, 0.1) is 30.6 Å². The summed E-state index contributed by atoms with van der Waals surface area (Å²) in [5.74, 6) is 0.445. The molecule has 0 atom stereocenters. The minimum Gasteiger partial charge on any atom is -0.407 e. The maximum atomic E-state index is 13.3. The minimum absolute atomic E-state index is 0.168. The molecule has 0 bridgehead atoms. The molecule has 198 valence electrons. The fourth-order valence-electron chi connectivity index (χ4n) is 5.02. The molecule has 6 rings (SSSR count). The Morgan fingerprint density at radius 3 is 2.45 bits per heavy atom. The van der Waals surface area contributed by atoms with E-state index in [0.29, 0.717) is 52.4 Å². The Hall–Kier alpha value is -5.14. The number of fused-ring (bicyclic) bond motifs is 3. The van der Waals surface area contributed by atoms with E-state index in [0.717, 1.165) is 18.7 Å². The van der Waals surface area contributed by atoms with Crippen LogP contribution in [0.1, 0.15) is 27.2 Å². The number of piperazine rings is 1. The fourth-order valence-corrected chi connectivity index (χ4v) is 5.02. The number of carbonyl (C=O) groups is 2.